The van der Waals surface area contributed by atoms with Gasteiger partial charge in [-0.15, -0.1) is 0 Å². The van der Waals surface area contributed by atoms with E-state index in [0.29, 0.717) is 11.4 Å². The fourth-order valence-electron chi connectivity index (χ4n) is 3.91. The monoisotopic (exact) mass is 452 g/mol. The van der Waals surface area contributed by atoms with Crippen molar-refractivity contribution in [3.8, 4) is 11.1 Å². The van der Waals surface area contributed by atoms with Gasteiger partial charge in [-0.3, -0.25) is 24.7 Å². The summed E-state index contributed by atoms with van der Waals surface area (Å²) in [4.78, 5) is 35.5. The van der Waals surface area contributed by atoms with Crippen LogP contribution in [0.2, 0.25) is 0 Å². The predicted octanol–water partition coefficient (Wildman–Crippen LogP) is 3.91. The molecule has 0 saturated carbocycles. The summed E-state index contributed by atoms with van der Waals surface area (Å²) >= 11 is 0. The van der Waals surface area contributed by atoms with E-state index in [0.717, 1.165) is 27.6 Å². The fourth-order valence-corrected chi connectivity index (χ4v) is 3.91. The number of methoxy groups -OCH3 is 1. The van der Waals surface area contributed by atoms with E-state index < -0.39 is 11.5 Å². The van der Waals surface area contributed by atoms with Gasteiger partial charge in [-0.2, -0.15) is 0 Å². The van der Waals surface area contributed by atoms with E-state index in [1.807, 2.05) is 19.1 Å². The molecule has 0 aliphatic carbocycles. The molecule has 1 amide bonds. The average molecular weight is 452 g/mol. The van der Waals surface area contributed by atoms with Crippen LogP contribution < -0.4 is 5.32 Å². The second kappa shape index (κ2) is 8.80. The number of carbonyl (C=O) groups excluding carboxylic acids is 1. The molecule has 9 nitrogen and oxygen atoms in total. The zero-order valence-corrected chi connectivity index (χ0v) is 18.5. The molecular formula is C25H20N6O3. The summed E-state index contributed by atoms with van der Waals surface area (Å²) in [5, 5.41) is 3.85. The summed E-state index contributed by atoms with van der Waals surface area (Å²) in [5.74, 6) is -0.456. The number of pyridine rings is 4. The van der Waals surface area contributed by atoms with Crippen molar-refractivity contribution in [2.24, 2.45) is 0 Å². The Kier molecular flexibility index (Phi) is 5.52. The zero-order chi connectivity index (χ0) is 23.5. The number of rotatable bonds is 6. The molecule has 0 radical (unpaired) electrons. The highest BCUT2D eigenvalue weighted by Gasteiger charge is 2.48. The molecule has 0 saturated heterocycles. The number of fused-ring (bicyclic) bond motifs is 1. The van der Waals surface area contributed by atoms with Crippen molar-refractivity contribution in [2.75, 3.05) is 12.4 Å². The van der Waals surface area contributed by atoms with Gasteiger partial charge >= 0.3 is 0 Å². The lowest BCUT2D eigenvalue weighted by Gasteiger charge is -2.27. The number of anilines is 1. The van der Waals surface area contributed by atoms with Crippen LogP contribution in [0.5, 0.6) is 0 Å². The van der Waals surface area contributed by atoms with E-state index in [2.05, 4.69) is 30.2 Å². The molecule has 0 aliphatic heterocycles. The van der Waals surface area contributed by atoms with Crippen molar-refractivity contribution in [2.45, 2.75) is 12.5 Å². The van der Waals surface area contributed by atoms with Crippen LogP contribution in [-0.4, -0.2) is 37.9 Å². The van der Waals surface area contributed by atoms with E-state index in [4.69, 9.17) is 9.15 Å². The summed E-state index contributed by atoms with van der Waals surface area (Å²) in [5.41, 5.74) is 2.34. The first-order valence-corrected chi connectivity index (χ1v) is 10.5. The van der Waals surface area contributed by atoms with Crippen molar-refractivity contribution >= 4 is 22.5 Å². The maximum atomic E-state index is 13.7. The van der Waals surface area contributed by atoms with E-state index >= 15 is 0 Å². The lowest BCUT2D eigenvalue weighted by molar-refractivity contribution is -0.136. The van der Waals surface area contributed by atoms with Gasteiger partial charge in [0.2, 0.25) is 5.89 Å². The first kappa shape index (κ1) is 21.4. The summed E-state index contributed by atoms with van der Waals surface area (Å²) in [6.45, 7) is 1.90. The molecule has 5 heterocycles. The molecule has 168 valence electrons. The third-order valence-electron chi connectivity index (χ3n) is 5.65. The predicted molar refractivity (Wildman–Crippen MR) is 125 cm³/mol. The number of nitrogens with zero attached hydrogens (tertiary/aromatic N) is 5. The van der Waals surface area contributed by atoms with E-state index in [-0.39, 0.29) is 5.89 Å². The lowest BCUT2D eigenvalue weighted by atomic mass is 9.96. The van der Waals surface area contributed by atoms with Gasteiger partial charge in [0.25, 0.3) is 11.5 Å². The van der Waals surface area contributed by atoms with Crippen molar-refractivity contribution in [3.63, 3.8) is 0 Å². The molecule has 0 spiro atoms. The fraction of sp³-hybridized carbons (Fsp3) is 0.120. The number of hydrogen-bond acceptors (Lipinski definition) is 8. The molecule has 5 rings (SSSR count). The van der Waals surface area contributed by atoms with E-state index in [9.17, 15) is 4.79 Å². The van der Waals surface area contributed by atoms with Crippen molar-refractivity contribution in [1.82, 2.24) is 24.9 Å². The number of hydrogen-bond donors (Lipinski definition) is 1. The molecule has 5 aromatic heterocycles. The standard InChI is InChI=1S/C25H20N6O3/c1-16-18(19-14-26-12-17-6-5-9-29-22(17)19)13-27-15-20(16)31-23(32)25(33-2,24-30-10-11-34-24)21-7-3-4-8-28-21/h3-15H,1-2H3,(H,31,32)/t25-/m0/s1. The number of aromatic nitrogens is 5. The minimum absolute atomic E-state index is 0.0652. The Morgan fingerprint density at radius 1 is 0.941 bits per heavy atom. The summed E-state index contributed by atoms with van der Waals surface area (Å²) in [6, 6.07) is 9.01. The SMILES string of the molecule is CO[C@](C(=O)Nc1cncc(-c2cncc3cccnc23)c1C)(c1ccccn1)c1ncco1. The van der Waals surface area contributed by atoms with Crippen LogP contribution in [-0.2, 0) is 15.1 Å². The van der Waals surface area contributed by atoms with Gasteiger partial charge in [-0.1, -0.05) is 6.07 Å². The Hall–Kier alpha value is -4.50. The van der Waals surface area contributed by atoms with Gasteiger partial charge in [0.15, 0.2) is 0 Å². The molecule has 34 heavy (non-hydrogen) atoms. The largest absolute Gasteiger partial charge is 0.445 e. The molecule has 0 fully saturated rings. The van der Waals surface area contributed by atoms with Crippen LogP contribution in [0.15, 0.2) is 84.4 Å². The maximum absolute atomic E-state index is 13.7. The maximum Gasteiger partial charge on any atom is 0.272 e. The quantitative estimate of drug-likeness (QED) is 0.412. The molecule has 1 atom stereocenters. The summed E-state index contributed by atoms with van der Waals surface area (Å²) in [6.07, 6.45) is 13.0. The molecule has 0 aliphatic rings. The highest BCUT2D eigenvalue weighted by Crippen LogP contribution is 2.35. The van der Waals surface area contributed by atoms with Crippen LogP contribution in [0.1, 0.15) is 17.1 Å². The normalized spacial score (nSPS) is 12.9. The van der Waals surface area contributed by atoms with Crippen LogP contribution in [0.25, 0.3) is 22.0 Å². The van der Waals surface area contributed by atoms with Crippen LogP contribution in [0.3, 0.4) is 0 Å². The Bertz CT molecular complexity index is 1450. The zero-order valence-electron chi connectivity index (χ0n) is 18.5. The van der Waals surface area contributed by atoms with Gasteiger partial charge in [0.05, 0.1) is 29.3 Å². The number of amides is 1. The second-order valence-corrected chi connectivity index (χ2v) is 7.51. The second-order valence-electron chi connectivity index (χ2n) is 7.51. The smallest absolute Gasteiger partial charge is 0.272 e. The van der Waals surface area contributed by atoms with Gasteiger partial charge in [0.1, 0.15) is 6.26 Å². The number of ether oxygens (including phenoxy) is 1. The van der Waals surface area contributed by atoms with Crippen molar-refractivity contribution in [3.05, 3.63) is 97.1 Å². The van der Waals surface area contributed by atoms with Crippen LogP contribution >= 0.6 is 0 Å². The number of carbonyl (C=O) groups is 1. The van der Waals surface area contributed by atoms with Crippen molar-refractivity contribution < 1.29 is 13.9 Å². The highest BCUT2D eigenvalue weighted by atomic mass is 16.5. The lowest BCUT2D eigenvalue weighted by Crippen LogP contribution is -2.44. The van der Waals surface area contributed by atoms with Crippen molar-refractivity contribution in [1.29, 1.82) is 0 Å². The molecule has 5 aromatic rings. The summed E-state index contributed by atoms with van der Waals surface area (Å²) < 4.78 is 11.2. The molecule has 0 unspecified atom stereocenters. The first-order chi connectivity index (χ1) is 16.6. The number of oxazole rings is 1. The average Bonchev–Trinajstić information content (AvgIpc) is 3.42. The van der Waals surface area contributed by atoms with Crippen LogP contribution in [0, 0.1) is 6.92 Å². The van der Waals surface area contributed by atoms with Gasteiger partial charge in [-0.25, -0.2) is 4.98 Å². The molecule has 0 bridgehead atoms. The Labute approximate surface area is 194 Å². The Balaban J connectivity index is 1.59. The topological polar surface area (TPSA) is 116 Å². The Morgan fingerprint density at radius 3 is 2.53 bits per heavy atom. The highest BCUT2D eigenvalue weighted by molar-refractivity contribution is 6.01. The minimum Gasteiger partial charge on any atom is -0.445 e. The minimum atomic E-state index is -1.70. The third kappa shape index (κ3) is 3.48. The van der Waals surface area contributed by atoms with Gasteiger partial charge < -0.3 is 14.5 Å². The summed E-state index contributed by atoms with van der Waals surface area (Å²) in [7, 11) is 1.41. The molecule has 9 heteroatoms. The van der Waals surface area contributed by atoms with Crippen LogP contribution in [0.4, 0.5) is 5.69 Å². The first-order valence-electron chi connectivity index (χ1n) is 10.5. The Morgan fingerprint density at radius 2 is 1.76 bits per heavy atom. The molecule has 0 aromatic carbocycles. The number of nitrogens with one attached hydrogen (secondary N) is 1. The third-order valence-corrected chi connectivity index (χ3v) is 5.65. The molecule has 1 N–H and O–H groups in total. The van der Waals surface area contributed by atoms with E-state index in [1.54, 1.807) is 55.4 Å². The van der Waals surface area contributed by atoms with E-state index in [1.165, 1.54) is 19.6 Å². The van der Waals surface area contributed by atoms with Gasteiger partial charge in [-0.05, 0) is 36.8 Å². The van der Waals surface area contributed by atoms with Gasteiger partial charge in [0, 0.05) is 54.6 Å². The molecular weight excluding hydrogens is 432 g/mol.